The van der Waals surface area contributed by atoms with Gasteiger partial charge in [0.05, 0.1) is 6.04 Å². The molecule has 98 valence electrons. The van der Waals surface area contributed by atoms with E-state index in [9.17, 15) is 5.26 Å². The third kappa shape index (κ3) is 2.54. The second kappa shape index (κ2) is 5.73. The Hall–Kier alpha value is -2.05. The van der Waals surface area contributed by atoms with Gasteiger partial charge < -0.3 is 10.3 Å². The standard InChI is InChI=1S/C16H19N3/c1-3-15(18)16(14-9-5-4-7-12(14)2)19-10-6-8-13(19)11-17/h4-10,15-16H,3,18H2,1-2H3. The van der Waals surface area contributed by atoms with Crippen LogP contribution in [-0.2, 0) is 0 Å². The Morgan fingerprint density at radius 1 is 1.26 bits per heavy atom. The average Bonchev–Trinajstić information content (AvgIpc) is 2.89. The molecule has 3 heteroatoms. The van der Waals surface area contributed by atoms with Crippen LogP contribution in [0.2, 0.25) is 0 Å². The summed E-state index contributed by atoms with van der Waals surface area (Å²) in [5.41, 5.74) is 9.34. The lowest BCUT2D eigenvalue weighted by Crippen LogP contribution is -2.33. The first-order valence-corrected chi connectivity index (χ1v) is 6.57. The number of nitrogens with zero attached hydrogens (tertiary/aromatic N) is 2. The van der Waals surface area contributed by atoms with Gasteiger partial charge in [0.15, 0.2) is 0 Å². The van der Waals surface area contributed by atoms with Crippen molar-refractivity contribution in [2.45, 2.75) is 32.4 Å². The summed E-state index contributed by atoms with van der Waals surface area (Å²) in [7, 11) is 0. The molecule has 0 aliphatic carbocycles. The number of hydrogen-bond donors (Lipinski definition) is 1. The van der Waals surface area contributed by atoms with Crippen LogP contribution in [0.25, 0.3) is 0 Å². The second-order valence-corrected chi connectivity index (χ2v) is 4.79. The summed E-state index contributed by atoms with van der Waals surface area (Å²) in [6.45, 7) is 4.16. The molecule has 3 nitrogen and oxygen atoms in total. The molecule has 2 atom stereocenters. The Morgan fingerprint density at radius 3 is 2.63 bits per heavy atom. The van der Waals surface area contributed by atoms with Gasteiger partial charge in [0.25, 0.3) is 0 Å². The summed E-state index contributed by atoms with van der Waals surface area (Å²) < 4.78 is 1.98. The number of hydrogen-bond acceptors (Lipinski definition) is 2. The van der Waals surface area contributed by atoms with Crippen LogP contribution in [0, 0.1) is 18.3 Å². The molecule has 2 N–H and O–H groups in total. The van der Waals surface area contributed by atoms with Crippen LogP contribution in [0.1, 0.15) is 36.2 Å². The van der Waals surface area contributed by atoms with Gasteiger partial charge in [-0.2, -0.15) is 5.26 Å². The van der Waals surface area contributed by atoms with Crippen LogP contribution in [0.5, 0.6) is 0 Å². The summed E-state index contributed by atoms with van der Waals surface area (Å²) >= 11 is 0. The summed E-state index contributed by atoms with van der Waals surface area (Å²) in [4.78, 5) is 0. The van der Waals surface area contributed by atoms with Gasteiger partial charge in [0.1, 0.15) is 11.8 Å². The first kappa shape index (κ1) is 13.4. The molecule has 1 aromatic heterocycles. The summed E-state index contributed by atoms with van der Waals surface area (Å²) in [6.07, 6.45) is 2.80. The first-order valence-electron chi connectivity index (χ1n) is 6.57. The molecule has 0 spiro atoms. The minimum Gasteiger partial charge on any atom is -0.330 e. The van der Waals surface area contributed by atoms with E-state index in [1.54, 1.807) is 0 Å². The third-order valence-corrected chi connectivity index (χ3v) is 3.58. The maximum atomic E-state index is 9.22. The smallest absolute Gasteiger partial charge is 0.120 e. The van der Waals surface area contributed by atoms with Crippen molar-refractivity contribution in [3.05, 3.63) is 59.4 Å². The molecular weight excluding hydrogens is 234 g/mol. The Bertz CT molecular complexity index is 590. The Labute approximate surface area is 114 Å². The van der Waals surface area contributed by atoms with E-state index in [-0.39, 0.29) is 12.1 Å². The molecule has 2 rings (SSSR count). The maximum Gasteiger partial charge on any atom is 0.120 e. The van der Waals surface area contributed by atoms with E-state index >= 15 is 0 Å². The van der Waals surface area contributed by atoms with Crippen LogP contribution >= 0.6 is 0 Å². The molecule has 2 unspecified atom stereocenters. The molecule has 19 heavy (non-hydrogen) atoms. The number of benzene rings is 1. The van der Waals surface area contributed by atoms with Crippen molar-refractivity contribution in [3.63, 3.8) is 0 Å². The second-order valence-electron chi connectivity index (χ2n) is 4.79. The van der Waals surface area contributed by atoms with Crippen LogP contribution in [0.15, 0.2) is 42.6 Å². The number of rotatable bonds is 4. The van der Waals surface area contributed by atoms with Gasteiger partial charge >= 0.3 is 0 Å². The predicted molar refractivity (Wildman–Crippen MR) is 76.7 cm³/mol. The molecule has 0 radical (unpaired) electrons. The number of aryl methyl sites for hydroxylation is 1. The molecule has 2 aromatic rings. The largest absolute Gasteiger partial charge is 0.330 e. The van der Waals surface area contributed by atoms with Crippen molar-refractivity contribution in [2.75, 3.05) is 0 Å². The molecule has 0 saturated carbocycles. The van der Waals surface area contributed by atoms with Gasteiger partial charge in [0, 0.05) is 12.2 Å². The molecule has 0 aliphatic heterocycles. The highest BCUT2D eigenvalue weighted by Crippen LogP contribution is 2.27. The third-order valence-electron chi connectivity index (χ3n) is 3.58. The number of nitriles is 1. The van der Waals surface area contributed by atoms with Crippen molar-refractivity contribution in [2.24, 2.45) is 5.73 Å². The molecule has 0 aliphatic rings. The van der Waals surface area contributed by atoms with Crippen LogP contribution < -0.4 is 5.73 Å². The van der Waals surface area contributed by atoms with Crippen LogP contribution in [-0.4, -0.2) is 10.6 Å². The SMILES string of the molecule is CCC(N)C(c1ccccc1C)n1cccc1C#N. The Balaban J connectivity index is 2.55. The topological polar surface area (TPSA) is 54.7 Å². The first-order chi connectivity index (χ1) is 9.19. The minimum atomic E-state index is -0.0133. The van der Waals surface area contributed by atoms with Gasteiger partial charge in [-0.25, -0.2) is 0 Å². The quantitative estimate of drug-likeness (QED) is 0.910. The lowest BCUT2D eigenvalue weighted by atomic mass is 9.94. The lowest BCUT2D eigenvalue weighted by Gasteiger charge is -2.27. The zero-order valence-corrected chi connectivity index (χ0v) is 11.4. The molecule has 0 fully saturated rings. The normalized spacial score (nSPS) is 13.8. The molecule has 0 saturated heterocycles. The molecule has 0 amide bonds. The van der Waals surface area contributed by atoms with Gasteiger partial charge in [-0.3, -0.25) is 0 Å². The van der Waals surface area contributed by atoms with Gasteiger partial charge in [-0.15, -0.1) is 0 Å². The van der Waals surface area contributed by atoms with E-state index in [1.807, 2.05) is 35.0 Å². The highest BCUT2D eigenvalue weighted by Gasteiger charge is 2.23. The fraction of sp³-hybridized carbons (Fsp3) is 0.312. The predicted octanol–water partition coefficient (Wildman–Crippen LogP) is 2.99. The van der Waals surface area contributed by atoms with Crippen molar-refractivity contribution >= 4 is 0 Å². The van der Waals surface area contributed by atoms with Crippen molar-refractivity contribution in [3.8, 4) is 6.07 Å². The zero-order chi connectivity index (χ0) is 13.8. The fourth-order valence-electron chi connectivity index (χ4n) is 2.46. The van der Waals surface area contributed by atoms with E-state index in [4.69, 9.17) is 5.73 Å². The average molecular weight is 253 g/mol. The zero-order valence-electron chi connectivity index (χ0n) is 11.4. The maximum absolute atomic E-state index is 9.22. The molecule has 1 heterocycles. The highest BCUT2D eigenvalue weighted by molar-refractivity contribution is 5.33. The molecule has 1 aromatic carbocycles. The van der Waals surface area contributed by atoms with E-state index in [0.717, 1.165) is 6.42 Å². The van der Waals surface area contributed by atoms with Gasteiger partial charge in [-0.05, 0) is 36.6 Å². The highest BCUT2D eigenvalue weighted by atomic mass is 15.0. The van der Waals surface area contributed by atoms with Crippen molar-refractivity contribution in [1.82, 2.24) is 4.57 Å². The van der Waals surface area contributed by atoms with Crippen LogP contribution in [0.3, 0.4) is 0 Å². The minimum absolute atomic E-state index is 0.0100. The van der Waals surface area contributed by atoms with Crippen LogP contribution in [0.4, 0.5) is 0 Å². The number of aromatic nitrogens is 1. The Kier molecular flexibility index (Phi) is 4.03. The van der Waals surface area contributed by atoms with E-state index in [0.29, 0.717) is 5.69 Å². The lowest BCUT2D eigenvalue weighted by molar-refractivity contribution is 0.456. The summed E-state index contributed by atoms with van der Waals surface area (Å²) in [5, 5.41) is 9.22. The fourth-order valence-corrected chi connectivity index (χ4v) is 2.46. The van der Waals surface area contributed by atoms with Gasteiger partial charge in [0.2, 0.25) is 0 Å². The van der Waals surface area contributed by atoms with Crippen molar-refractivity contribution in [1.29, 1.82) is 5.26 Å². The Morgan fingerprint density at radius 2 is 2.00 bits per heavy atom. The van der Waals surface area contributed by atoms with E-state index in [2.05, 4.69) is 32.0 Å². The number of nitrogens with two attached hydrogens (primary N) is 1. The molecule has 0 bridgehead atoms. The summed E-state index contributed by atoms with van der Waals surface area (Å²) in [5.74, 6) is 0. The summed E-state index contributed by atoms with van der Waals surface area (Å²) in [6, 6.07) is 14.2. The van der Waals surface area contributed by atoms with E-state index in [1.165, 1.54) is 11.1 Å². The van der Waals surface area contributed by atoms with Crippen molar-refractivity contribution < 1.29 is 0 Å². The van der Waals surface area contributed by atoms with Gasteiger partial charge in [-0.1, -0.05) is 31.2 Å². The van der Waals surface area contributed by atoms with E-state index < -0.39 is 0 Å². The molecular formula is C16H19N3. The monoisotopic (exact) mass is 253 g/mol.